The molecule has 3 aliphatic carbocycles. The van der Waals surface area contributed by atoms with Crippen molar-refractivity contribution in [1.82, 2.24) is 0 Å². The van der Waals surface area contributed by atoms with Gasteiger partial charge < -0.3 is 0 Å². The predicted octanol–water partition coefficient (Wildman–Crippen LogP) is 5.69. The Hall–Kier alpha value is -1.30. The van der Waals surface area contributed by atoms with Crippen LogP contribution >= 0.6 is 0 Å². The highest BCUT2D eigenvalue weighted by Gasteiger charge is 2.16. The summed E-state index contributed by atoms with van der Waals surface area (Å²) in [5.41, 5.74) is 9.66. The lowest BCUT2D eigenvalue weighted by molar-refractivity contribution is 0.880. The molecule has 0 radical (unpaired) electrons. The highest BCUT2D eigenvalue weighted by Crippen LogP contribution is 2.36. The van der Waals surface area contributed by atoms with E-state index in [1.54, 1.807) is 27.8 Å². The van der Waals surface area contributed by atoms with Crippen LogP contribution < -0.4 is 0 Å². The van der Waals surface area contributed by atoms with E-state index in [2.05, 4.69) is 38.1 Å². The second-order valence-electron chi connectivity index (χ2n) is 6.62. The van der Waals surface area contributed by atoms with Crippen molar-refractivity contribution in [2.75, 3.05) is 0 Å². The van der Waals surface area contributed by atoms with Gasteiger partial charge in [0, 0.05) is 0 Å². The number of benzene rings is 1. The fourth-order valence-electron chi connectivity index (χ4n) is 3.74. The fraction of sp³-hybridized carbons (Fsp3) is 0.500. The van der Waals surface area contributed by atoms with Crippen molar-refractivity contribution in [1.29, 1.82) is 0 Å². The minimum absolute atomic E-state index is 1.27. The number of hydrogen-bond donors (Lipinski definition) is 0. The Labute approximate surface area is 123 Å². The van der Waals surface area contributed by atoms with Gasteiger partial charge in [-0.25, -0.2) is 0 Å². The van der Waals surface area contributed by atoms with Crippen LogP contribution in [0.1, 0.15) is 62.1 Å². The van der Waals surface area contributed by atoms with E-state index < -0.39 is 0 Å². The Morgan fingerprint density at radius 2 is 1.55 bits per heavy atom. The highest BCUT2D eigenvalue weighted by atomic mass is 14.2. The summed E-state index contributed by atoms with van der Waals surface area (Å²) < 4.78 is 0. The fourth-order valence-corrected chi connectivity index (χ4v) is 3.74. The van der Waals surface area contributed by atoms with Crippen LogP contribution in [0.3, 0.4) is 0 Å². The van der Waals surface area contributed by atoms with Crippen LogP contribution in [0.25, 0.3) is 0 Å². The molecular formula is C20H26. The molecule has 0 fully saturated rings. The smallest absolute Gasteiger partial charge is 0.0108 e. The lowest BCUT2D eigenvalue weighted by Gasteiger charge is -2.11. The van der Waals surface area contributed by atoms with E-state index in [4.69, 9.17) is 0 Å². The molecule has 0 heterocycles. The molecule has 0 heteroatoms. The highest BCUT2D eigenvalue weighted by molar-refractivity contribution is 5.34. The van der Waals surface area contributed by atoms with E-state index in [-0.39, 0.29) is 0 Å². The third kappa shape index (κ3) is 3.06. The molecular weight excluding hydrogens is 240 g/mol. The summed E-state index contributed by atoms with van der Waals surface area (Å²) in [7, 11) is 0. The first-order valence-electron chi connectivity index (χ1n) is 8.16. The third-order valence-corrected chi connectivity index (χ3v) is 4.90. The minimum atomic E-state index is 1.27. The summed E-state index contributed by atoms with van der Waals surface area (Å²) in [4.78, 5) is 0. The minimum Gasteiger partial charge on any atom is -0.0812 e. The molecule has 0 atom stereocenters. The summed E-state index contributed by atoms with van der Waals surface area (Å²) in [6, 6.07) is 6.81. The van der Waals surface area contributed by atoms with Gasteiger partial charge in [-0.2, -0.15) is 0 Å². The zero-order valence-electron chi connectivity index (χ0n) is 13.0. The van der Waals surface area contributed by atoms with Crippen LogP contribution in [0.4, 0.5) is 0 Å². The maximum absolute atomic E-state index is 2.39. The summed E-state index contributed by atoms with van der Waals surface area (Å²) >= 11 is 0. The van der Waals surface area contributed by atoms with Crippen LogP contribution in [-0.4, -0.2) is 0 Å². The van der Waals surface area contributed by atoms with Gasteiger partial charge in [-0.1, -0.05) is 46.6 Å². The molecule has 0 unspecified atom stereocenters. The first-order chi connectivity index (χ1) is 9.72. The van der Waals surface area contributed by atoms with Gasteiger partial charge in [-0.05, 0) is 76.3 Å². The van der Waals surface area contributed by atoms with Crippen LogP contribution in [0.5, 0.6) is 0 Å². The number of allylic oxidation sites excluding steroid dienone is 4. The number of rotatable bonds is 0. The average Bonchev–Trinajstić information content (AvgIpc) is 3.06. The summed E-state index contributed by atoms with van der Waals surface area (Å²) in [6.07, 6.45) is 13.1. The molecule has 106 valence electrons. The Morgan fingerprint density at radius 1 is 0.800 bits per heavy atom. The van der Waals surface area contributed by atoms with Crippen molar-refractivity contribution in [2.24, 2.45) is 0 Å². The molecule has 0 amide bonds. The van der Waals surface area contributed by atoms with Crippen LogP contribution in [0.15, 0.2) is 41.0 Å². The van der Waals surface area contributed by atoms with E-state index in [0.29, 0.717) is 0 Å². The van der Waals surface area contributed by atoms with Crippen LogP contribution in [0, 0.1) is 6.92 Å². The van der Waals surface area contributed by atoms with Gasteiger partial charge in [0.1, 0.15) is 0 Å². The van der Waals surface area contributed by atoms with Crippen molar-refractivity contribution in [3.8, 4) is 0 Å². The standard InChI is InChI=1S/C10H14.C10H12/c2*1-8-5-6-9-3-2-4-10(9)7-8/h5H,2-4,6-7H2,1H3;5-7H,2-4H2,1H3. The quantitative estimate of drug-likeness (QED) is 0.529. The van der Waals surface area contributed by atoms with Gasteiger partial charge in [0.25, 0.3) is 0 Å². The first kappa shape index (κ1) is 13.7. The molecule has 4 rings (SSSR count). The molecule has 0 saturated carbocycles. The molecule has 20 heavy (non-hydrogen) atoms. The van der Waals surface area contributed by atoms with Crippen molar-refractivity contribution in [3.63, 3.8) is 0 Å². The molecule has 1 aromatic rings. The normalized spacial score (nSPS) is 20.0. The lowest BCUT2D eigenvalue weighted by atomic mass is 9.95. The monoisotopic (exact) mass is 266 g/mol. The Bertz CT molecular complexity index is 557. The topological polar surface area (TPSA) is 0 Å². The van der Waals surface area contributed by atoms with Crippen LogP contribution in [-0.2, 0) is 12.8 Å². The van der Waals surface area contributed by atoms with E-state index in [1.807, 2.05) is 0 Å². The van der Waals surface area contributed by atoms with Crippen molar-refractivity contribution in [3.05, 3.63) is 57.7 Å². The Morgan fingerprint density at radius 3 is 2.45 bits per heavy atom. The van der Waals surface area contributed by atoms with Gasteiger partial charge in [-0.3, -0.25) is 0 Å². The molecule has 1 aromatic carbocycles. The van der Waals surface area contributed by atoms with Crippen molar-refractivity contribution < 1.29 is 0 Å². The second kappa shape index (κ2) is 5.99. The molecule has 3 aliphatic rings. The SMILES string of the molecule is CC1=CCC2=C(CCC2)C1.Cc1ccc2c(c1)CCC2. The second-order valence-corrected chi connectivity index (χ2v) is 6.62. The zero-order valence-corrected chi connectivity index (χ0v) is 13.0. The number of aryl methyl sites for hydroxylation is 3. The molecule has 0 aromatic heterocycles. The van der Waals surface area contributed by atoms with Gasteiger partial charge in [0.2, 0.25) is 0 Å². The zero-order chi connectivity index (χ0) is 13.9. The maximum atomic E-state index is 2.39. The number of hydrogen-bond acceptors (Lipinski definition) is 0. The van der Waals surface area contributed by atoms with E-state index >= 15 is 0 Å². The third-order valence-electron chi connectivity index (χ3n) is 4.90. The number of fused-ring (bicyclic) bond motifs is 1. The first-order valence-corrected chi connectivity index (χ1v) is 8.16. The largest absolute Gasteiger partial charge is 0.0812 e. The van der Waals surface area contributed by atoms with E-state index in [1.165, 1.54) is 56.9 Å². The Kier molecular flexibility index (Phi) is 4.10. The average molecular weight is 266 g/mol. The molecule has 0 spiro atoms. The van der Waals surface area contributed by atoms with E-state index in [9.17, 15) is 0 Å². The van der Waals surface area contributed by atoms with Crippen molar-refractivity contribution >= 4 is 0 Å². The van der Waals surface area contributed by atoms with Gasteiger partial charge in [0.15, 0.2) is 0 Å². The van der Waals surface area contributed by atoms with Gasteiger partial charge >= 0.3 is 0 Å². The molecule has 0 nitrogen and oxygen atoms in total. The summed E-state index contributed by atoms with van der Waals surface area (Å²) in [6.45, 7) is 4.42. The molecule has 0 N–H and O–H groups in total. The molecule has 0 aliphatic heterocycles. The molecule has 0 saturated heterocycles. The summed E-state index contributed by atoms with van der Waals surface area (Å²) in [5.74, 6) is 0. The van der Waals surface area contributed by atoms with Gasteiger partial charge in [0.05, 0.1) is 0 Å². The van der Waals surface area contributed by atoms with Crippen LogP contribution in [0.2, 0.25) is 0 Å². The lowest BCUT2D eigenvalue weighted by Crippen LogP contribution is -1.91. The van der Waals surface area contributed by atoms with Gasteiger partial charge in [-0.15, -0.1) is 0 Å². The van der Waals surface area contributed by atoms with Crippen molar-refractivity contribution in [2.45, 2.75) is 65.2 Å². The van der Waals surface area contributed by atoms with E-state index in [0.717, 1.165) is 0 Å². The molecule has 0 bridgehead atoms. The Balaban J connectivity index is 0.000000121. The summed E-state index contributed by atoms with van der Waals surface area (Å²) in [5, 5.41) is 0. The maximum Gasteiger partial charge on any atom is -0.0108 e. The predicted molar refractivity (Wildman–Crippen MR) is 87.1 cm³/mol.